The predicted octanol–water partition coefficient (Wildman–Crippen LogP) is 23.7. The molecule has 1 unspecified atom stereocenters. The average molecular weight is 1770 g/mol. The molecule has 7 N–H and O–H groups in total. The number of carbonyl (C=O) groups is 6. The first-order valence-corrected chi connectivity index (χ1v) is 52.9. The molecule has 0 aromatic heterocycles. The number of hydrogen-bond acceptors (Lipinski definition) is 19. The molecule has 2 rings (SSSR count). The maximum absolute atomic E-state index is 15.1. The number of nitrogens with one attached hydrogen (secondary N) is 2. The zero-order chi connectivity index (χ0) is 89.9. The lowest BCUT2D eigenvalue weighted by atomic mass is 9.95. The van der Waals surface area contributed by atoms with Gasteiger partial charge in [-0.15, -0.1) is 0 Å². The van der Waals surface area contributed by atoms with Crippen LogP contribution in [0.3, 0.4) is 0 Å². The molecule has 0 bridgehead atoms. The number of esters is 4. The molecule has 2 heterocycles. The third-order valence-corrected chi connectivity index (χ3v) is 25.1. The summed E-state index contributed by atoms with van der Waals surface area (Å²) < 4.78 is 68.6. The van der Waals surface area contributed by atoms with Crippen LogP contribution >= 0.6 is 7.82 Å². The van der Waals surface area contributed by atoms with Crippen LogP contribution in [0.1, 0.15) is 498 Å². The first-order valence-electron chi connectivity index (χ1n) is 51.4. The Bertz CT molecular complexity index is 2570. The van der Waals surface area contributed by atoms with Gasteiger partial charge in [-0.25, -0.2) is 4.57 Å². The molecule has 24 heteroatoms. The van der Waals surface area contributed by atoms with Crippen LogP contribution in [0.4, 0.5) is 0 Å². The third kappa shape index (κ3) is 62.6. The van der Waals surface area contributed by atoms with Crippen LogP contribution in [-0.2, 0) is 75.8 Å². The number of aliphatic hydroxyl groups excluding tert-OH is 3. The zero-order valence-corrected chi connectivity index (χ0v) is 80.2. The molecular formula is C99H187N2O21P. The number of rotatable bonds is 87. The van der Waals surface area contributed by atoms with Crippen molar-refractivity contribution in [3.8, 4) is 0 Å². The van der Waals surface area contributed by atoms with Crippen LogP contribution in [0.15, 0.2) is 0 Å². The van der Waals surface area contributed by atoms with E-state index in [1.807, 2.05) is 6.92 Å². The van der Waals surface area contributed by atoms with Crippen LogP contribution in [0, 0.1) is 0 Å². The maximum Gasteiger partial charge on any atom is 0.470 e. The van der Waals surface area contributed by atoms with Gasteiger partial charge in [-0.2, -0.15) is 0 Å². The fourth-order valence-corrected chi connectivity index (χ4v) is 17.7. The average Bonchev–Trinajstić information content (AvgIpc) is 0.799. The van der Waals surface area contributed by atoms with Crippen LogP contribution in [0.5, 0.6) is 0 Å². The van der Waals surface area contributed by atoms with E-state index in [0.717, 1.165) is 180 Å². The third-order valence-electron chi connectivity index (χ3n) is 24.6. The fourth-order valence-electron chi connectivity index (χ4n) is 17.1. The van der Waals surface area contributed by atoms with E-state index >= 15 is 4.79 Å². The van der Waals surface area contributed by atoms with Gasteiger partial charge in [-0.05, 0) is 64.2 Å². The summed E-state index contributed by atoms with van der Waals surface area (Å²) in [5, 5.41) is 41.3. The summed E-state index contributed by atoms with van der Waals surface area (Å²) in [5.74, 6) is -3.64. The highest BCUT2D eigenvalue weighted by Gasteiger charge is 2.54. The van der Waals surface area contributed by atoms with E-state index in [1.54, 1.807) is 0 Å². The van der Waals surface area contributed by atoms with Crippen LogP contribution < -0.4 is 10.6 Å². The molecule has 0 spiro atoms. The first kappa shape index (κ1) is 116. The minimum absolute atomic E-state index is 0.0751. The van der Waals surface area contributed by atoms with E-state index in [1.165, 1.54) is 173 Å². The van der Waals surface area contributed by atoms with E-state index in [9.17, 15) is 53.6 Å². The molecule has 2 saturated heterocycles. The second-order valence-electron chi connectivity index (χ2n) is 36.3. The number of ether oxygens (including phenoxy) is 8. The summed E-state index contributed by atoms with van der Waals surface area (Å²) in [6, 6.07) is -3.10. The summed E-state index contributed by atoms with van der Waals surface area (Å²) in [5.41, 5.74) is 0. The van der Waals surface area contributed by atoms with Gasteiger partial charge in [0.05, 0.1) is 32.5 Å². The van der Waals surface area contributed by atoms with Gasteiger partial charge in [0.2, 0.25) is 11.8 Å². The van der Waals surface area contributed by atoms with Crippen molar-refractivity contribution >= 4 is 43.5 Å². The number of hydrogen-bond donors (Lipinski definition) is 7. The highest BCUT2D eigenvalue weighted by molar-refractivity contribution is 7.46. The van der Waals surface area contributed by atoms with Gasteiger partial charge < -0.3 is 73.6 Å². The van der Waals surface area contributed by atoms with Gasteiger partial charge in [-0.3, -0.25) is 33.3 Å². The molecule has 23 nitrogen and oxygen atoms in total. The largest absolute Gasteiger partial charge is 0.470 e. The predicted molar refractivity (Wildman–Crippen MR) is 492 cm³/mol. The normalized spacial score (nSPS) is 20.0. The van der Waals surface area contributed by atoms with E-state index in [0.29, 0.717) is 57.8 Å². The second-order valence-corrected chi connectivity index (χ2v) is 37.5. The molecule has 0 saturated carbocycles. The Balaban J connectivity index is 2.66. The fraction of sp³-hybridized carbons (Fsp3) is 0.939. The molecule has 2 aliphatic heterocycles. The molecule has 0 aromatic carbocycles. The van der Waals surface area contributed by atoms with E-state index in [2.05, 4.69) is 52.2 Å². The van der Waals surface area contributed by atoms with Gasteiger partial charge in [0.25, 0.3) is 0 Å². The smallest absolute Gasteiger partial charge is 0.462 e. The summed E-state index contributed by atoms with van der Waals surface area (Å²) in [6.07, 6.45) is 49.1. The molecule has 0 aromatic rings. The van der Waals surface area contributed by atoms with Crippen molar-refractivity contribution in [2.75, 3.05) is 19.8 Å². The molecule has 2 fully saturated rings. The lowest BCUT2D eigenvalue weighted by Gasteiger charge is -2.46. The van der Waals surface area contributed by atoms with Crippen molar-refractivity contribution in [2.45, 2.75) is 578 Å². The molecule has 0 aliphatic carbocycles. The monoisotopic (exact) mass is 1770 g/mol. The van der Waals surface area contributed by atoms with Gasteiger partial charge in [-0.1, -0.05) is 395 Å². The van der Waals surface area contributed by atoms with Crippen molar-refractivity contribution in [1.82, 2.24) is 10.6 Å². The number of unbranched alkanes of at least 4 members (excludes halogenated alkanes) is 54. The highest BCUT2D eigenvalue weighted by Crippen LogP contribution is 2.43. The summed E-state index contributed by atoms with van der Waals surface area (Å²) in [4.78, 5) is 107. The molecule has 2 aliphatic rings. The molecule has 123 heavy (non-hydrogen) atoms. The second kappa shape index (κ2) is 79.6. The molecule has 0 radical (unpaired) electrons. The lowest BCUT2D eigenvalue weighted by molar-refractivity contribution is -0.300. The Morgan fingerprint density at radius 1 is 0.333 bits per heavy atom. The van der Waals surface area contributed by atoms with Crippen molar-refractivity contribution in [1.29, 1.82) is 0 Å². The van der Waals surface area contributed by atoms with E-state index < -0.39 is 143 Å². The van der Waals surface area contributed by atoms with Crippen LogP contribution in [-0.4, -0.2) is 160 Å². The first-order chi connectivity index (χ1) is 59.8. The highest BCUT2D eigenvalue weighted by atomic mass is 31.2. The maximum atomic E-state index is 15.1. The van der Waals surface area contributed by atoms with Crippen molar-refractivity contribution < 1.29 is 101 Å². The van der Waals surface area contributed by atoms with Gasteiger partial charge >= 0.3 is 31.7 Å². The quantitative estimate of drug-likeness (QED) is 0.0129. The Morgan fingerprint density at radius 3 is 0.927 bits per heavy atom. The van der Waals surface area contributed by atoms with Crippen LogP contribution in [0.2, 0.25) is 0 Å². The van der Waals surface area contributed by atoms with Gasteiger partial charge in [0.15, 0.2) is 18.7 Å². The standard InChI is InChI=1S/C99H187N2O21P/c1-8-15-21-27-33-39-42-48-54-60-66-72-88(105)116-81(69-63-57-51-45-36-30-24-18-11-4)76-86(103)100-92-96(114-75-14-7)94(109)85(119-98(92)110)80-115-99-93(101-87(104)77-82(70-64-58-52-46-37-31-25-19-12-5)117-89(106)73-67-61-55-49-43-40-34-28-22-16-9-2)97(95(84(79-102)120-99)122-123(111,112)113)121-91(108)78-83(71-65-59-53-47-38-32-26-20-13-6)118-90(107)74-68-62-56-50-44-41-35-29-23-17-10-3/h81-85,92-99,102,109-110H,8-80H2,1-7H3,(H,100,103)(H,101,104)(H2,111,112,113)/t81-,82-,83-,84-,85-,92-,93-,94-,95-,96-,97-,98?,99-/m1/s1. The van der Waals surface area contributed by atoms with E-state index in [4.69, 9.17) is 42.4 Å². The van der Waals surface area contributed by atoms with Gasteiger partial charge in [0.1, 0.15) is 60.9 Å². The summed E-state index contributed by atoms with van der Waals surface area (Å²) >= 11 is 0. The number of phosphoric ester groups is 1. The topological polar surface area (TPSA) is 328 Å². The van der Waals surface area contributed by atoms with E-state index in [-0.39, 0.29) is 38.3 Å². The minimum atomic E-state index is -5.58. The molecule has 724 valence electrons. The van der Waals surface area contributed by atoms with Gasteiger partial charge in [0, 0.05) is 25.9 Å². The van der Waals surface area contributed by atoms with Crippen molar-refractivity contribution in [3.63, 3.8) is 0 Å². The number of amides is 2. The Kier molecular flexibility index (Phi) is 74.9. The van der Waals surface area contributed by atoms with Crippen molar-refractivity contribution in [3.05, 3.63) is 0 Å². The number of carbonyl (C=O) groups excluding carboxylic acids is 6. The molecule has 13 atom stereocenters. The number of aliphatic hydroxyl groups is 3. The van der Waals surface area contributed by atoms with Crippen LogP contribution in [0.25, 0.3) is 0 Å². The van der Waals surface area contributed by atoms with Crippen molar-refractivity contribution in [2.24, 2.45) is 0 Å². The molecular weight excluding hydrogens is 1580 g/mol. The Hall–Kier alpha value is -3.35. The zero-order valence-electron chi connectivity index (χ0n) is 79.3. The minimum Gasteiger partial charge on any atom is -0.462 e. The SMILES string of the molecule is CCCCCCCCCCCCCC(=O)O[C@H](CCCCCCCCCCC)CC(=O)N[C@H]1[C@H](OC[C@H]2OC(O)[C@H](NC(=O)C[C@@H](CCCCCCCCCCC)OC(=O)CCCCCCCCCCCCC)[C@@H](OCCC)[C@@H]2O)O[C@H](CO)[C@@H](OP(=O)(O)O)[C@@H]1OC(=O)C[C@@H](CCCCCCCCCCC)OC(=O)CCCCCCCCCCCCC. The Morgan fingerprint density at radius 2 is 0.626 bits per heavy atom. The Labute approximate surface area is 748 Å². The summed E-state index contributed by atoms with van der Waals surface area (Å²) in [7, 11) is -5.58. The lowest BCUT2D eigenvalue weighted by Crippen LogP contribution is -2.67. The molecule has 2 amide bonds. The number of phosphoric acid groups is 1. The summed E-state index contributed by atoms with van der Waals surface area (Å²) in [6.45, 7) is 13.5.